The molecule has 0 saturated heterocycles. The van der Waals surface area contributed by atoms with Crippen molar-refractivity contribution in [3.8, 4) is 0 Å². The summed E-state index contributed by atoms with van der Waals surface area (Å²) in [4.78, 5) is 11.7. The quantitative estimate of drug-likeness (QED) is 0.606. The van der Waals surface area contributed by atoms with E-state index in [-0.39, 0.29) is 16.9 Å². The van der Waals surface area contributed by atoms with E-state index >= 15 is 0 Å². The normalized spacial score (nSPS) is 12.2. The first-order valence-corrected chi connectivity index (χ1v) is 9.74. The van der Waals surface area contributed by atoms with Gasteiger partial charge in [-0.05, 0) is 56.7 Å². The summed E-state index contributed by atoms with van der Waals surface area (Å²) >= 11 is 0. The molecule has 1 rings (SSSR count). The molecule has 26 heavy (non-hydrogen) atoms. The van der Waals surface area contributed by atoms with E-state index in [1.807, 2.05) is 0 Å². The number of carbonyl (C=O) groups excluding carboxylic acids is 1. The van der Waals surface area contributed by atoms with E-state index in [0.717, 1.165) is 32.5 Å². The second-order valence-corrected chi connectivity index (χ2v) is 9.19. The zero-order valence-electron chi connectivity index (χ0n) is 17.6. The third kappa shape index (κ3) is 12.0. The van der Waals surface area contributed by atoms with Gasteiger partial charge in [0.15, 0.2) is 0 Å². The molecule has 0 aliphatic carbocycles. The van der Waals surface area contributed by atoms with Crippen molar-refractivity contribution in [2.24, 2.45) is 5.41 Å². The van der Waals surface area contributed by atoms with Gasteiger partial charge in [0.05, 0.1) is 12.2 Å². The Bertz CT molecular complexity index is 525. The average Bonchev–Trinajstić information content (AvgIpc) is 2.50. The van der Waals surface area contributed by atoms with Crippen molar-refractivity contribution in [3.05, 3.63) is 35.4 Å². The van der Waals surface area contributed by atoms with Gasteiger partial charge in [-0.25, -0.2) is 0 Å². The maximum Gasteiger partial charge on any atom is 0.220 e. The minimum absolute atomic E-state index is 0.0556. The molecule has 0 atom stereocenters. The standard InChI is InChI=1S/C22H38N2O2/c1-21(2,3)15-20(25)24-14-8-7-13-23-16-18-9-11-19(12-10-18)17-26-22(4,5)6/h9-12,23H,7-8,13-17H2,1-6H3,(H,24,25). The molecule has 0 radical (unpaired) electrons. The van der Waals surface area contributed by atoms with E-state index in [1.165, 1.54) is 11.1 Å². The van der Waals surface area contributed by atoms with Crippen LogP contribution >= 0.6 is 0 Å². The van der Waals surface area contributed by atoms with Crippen LogP contribution in [0.4, 0.5) is 0 Å². The highest BCUT2D eigenvalue weighted by molar-refractivity contribution is 5.76. The van der Waals surface area contributed by atoms with Crippen molar-refractivity contribution >= 4 is 5.91 Å². The van der Waals surface area contributed by atoms with Gasteiger partial charge in [-0.2, -0.15) is 0 Å². The molecule has 0 aliphatic rings. The number of rotatable bonds is 10. The number of carbonyl (C=O) groups is 1. The third-order valence-electron chi connectivity index (χ3n) is 3.82. The van der Waals surface area contributed by atoms with Gasteiger partial charge < -0.3 is 15.4 Å². The van der Waals surface area contributed by atoms with Crippen LogP contribution < -0.4 is 10.6 Å². The Balaban J connectivity index is 2.10. The van der Waals surface area contributed by atoms with Gasteiger partial charge in [0.25, 0.3) is 0 Å². The van der Waals surface area contributed by atoms with Gasteiger partial charge in [-0.3, -0.25) is 4.79 Å². The number of benzene rings is 1. The highest BCUT2D eigenvalue weighted by atomic mass is 16.5. The molecule has 0 saturated carbocycles. The van der Waals surface area contributed by atoms with E-state index in [9.17, 15) is 4.79 Å². The van der Waals surface area contributed by atoms with E-state index in [4.69, 9.17) is 4.74 Å². The summed E-state index contributed by atoms with van der Waals surface area (Å²) in [6.45, 7) is 15.7. The molecule has 148 valence electrons. The van der Waals surface area contributed by atoms with Crippen LogP contribution in [0.5, 0.6) is 0 Å². The number of amides is 1. The molecule has 0 spiro atoms. The molecule has 0 bridgehead atoms. The fourth-order valence-electron chi connectivity index (χ4n) is 2.43. The van der Waals surface area contributed by atoms with Crippen LogP contribution in [0.2, 0.25) is 0 Å². The van der Waals surface area contributed by atoms with Crippen LogP contribution in [0.25, 0.3) is 0 Å². The van der Waals surface area contributed by atoms with Crippen LogP contribution in [0.1, 0.15) is 71.9 Å². The molecule has 4 nitrogen and oxygen atoms in total. The number of nitrogens with one attached hydrogen (secondary N) is 2. The van der Waals surface area contributed by atoms with Crippen LogP contribution in [0, 0.1) is 5.41 Å². The van der Waals surface area contributed by atoms with E-state index in [0.29, 0.717) is 13.0 Å². The Morgan fingerprint density at radius 3 is 2.08 bits per heavy atom. The Morgan fingerprint density at radius 1 is 0.923 bits per heavy atom. The van der Waals surface area contributed by atoms with Crippen molar-refractivity contribution in [2.45, 2.75) is 79.6 Å². The molecular weight excluding hydrogens is 324 g/mol. The second kappa shape index (κ2) is 10.7. The first-order valence-electron chi connectivity index (χ1n) is 9.74. The molecule has 2 N–H and O–H groups in total. The number of hydrogen-bond acceptors (Lipinski definition) is 3. The predicted molar refractivity (Wildman–Crippen MR) is 109 cm³/mol. The first-order chi connectivity index (χ1) is 12.1. The fourth-order valence-corrected chi connectivity index (χ4v) is 2.43. The van der Waals surface area contributed by atoms with Crippen LogP contribution in [-0.4, -0.2) is 24.6 Å². The summed E-state index contributed by atoms with van der Waals surface area (Å²) in [7, 11) is 0. The van der Waals surface area contributed by atoms with Crippen molar-refractivity contribution in [3.63, 3.8) is 0 Å². The van der Waals surface area contributed by atoms with Crippen LogP contribution in [0.15, 0.2) is 24.3 Å². The Hall–Kier alpha value is -1.39. The van der Waals surface area contributed by atoms with E-state index in [2.05, 4.69) is 76.4 Å². The summed E-state index contributed by atoms with van der Waals surface area (Å²) < 4.78 is 5.79. The van der Waals surface area contributed by atoms with Crippen LogP contribution in [-0.2, 0) is 22.7 Å². The maximum absolute atomic E-state index is 11.7. The van der Waals surface area contributed by atoms with Crippen molar-refractivity contribution in [2.75, 3.05) is 13.1 Å². The number of unbranched alkanes of at least 4 members (excludes halogenated alkanes) is 1. The summed E-state index contributed by atoms with van der Waals surface area (Å²) in [5, 5.41) is 6.46. The monoisotopic (exact) mass is 362 g/mol. The zero-order valence-corrected chi connectivity index (χ0v) is 17.6. The Morgan fingerprint density at radius 2 is 1.50 bits per heavy atom. The van der Waals surface area contributed by atoms with Crippen LogP contribution in [0.3, 0.4) is 0 Å². The Kier molecular flexibility index (Phi) is 9.31. The molecule has 1 aromatic rings. The Labute approximate surface area is 160 Å². The van der Waals surface area contributed by atoms with Gasteiger partial charge in [0, 0.05) is 19.5 Å². The minimum atomic E-state index is -0.105. The van der Waals surface area contributed by atoms with Crippen molar-refractivity contribution in [1.82, 2.24) is 10.6 Å². The fraction of sp³-hybridized carbons (Fsp3) is 0.682. The lowest BCUT2D eigenvalue weighted by molar-refractivity contribution is -0.122. The lowest BCUT2D eigenvalue weighted by atomic mass is 9.92. The van der Waals surface area contributed by atoms with Crippen molar-refractivity contribution < 1.29 is 9.53 Å². The largest absolute Gasteiger partial charge is 0.371 e. The van der Waals surface area contributed by atoms with E-state index in [1.54, 1.807) is 0 Å². The lowest BCUT2D eigenvalue weighted by Gasteiger charge is -2.19. The molecule has 1 amide bonds. The highest BCUT2D eigenvalue weighted by Crippen LogP contribution is 2.17. The number of ether oxygens (including phenoxy) is 1. The van der Waals surface area contributed by atoms with Gasteiger partial charge in [-0.15, -0.1) is 0 Å². The summed E-state index contributed by atoms with van der Waals surface area (Å²) in [6, 6.07) is 8.57. The summed E-state index contributed by atoms with van der Waals surface area (Å²) in [5.41, 5.74) is 2.43. The molecule has 4 heteroatoms. The molecule has 0 aliphatic heterocycles. The molecule has 0 heterocycles. The zero-order chi connectivity index (χ0) is 19.6. The van der Waals surface area contributed by atoms with Gasteiger partial charge in [0.2, 0.25) is 5.91 Å². The van der Waals surface area contributed by atoms with E-state index < -0.39 is 0 Å². The second-order valence-electron chi connectivity index (χ2n) is 9.19. The maximum atomic E-state index is 11.7. The van der Waals surface area contributed by atoms with Gasteiger partial charge in [-0.1, -0.05) is 45.0 Å². The number of hydrogen-bond donors (Lipinski definition) is 2. The lowest BCUT2D eigenvalue weighted by Crippen LogP contribution is -2.28. The summed E-state index contributed by atoms with van der Waals surface area (Å²) in [5.74, 6) is 0.154. The topological polar surface area (TPSA) is 50.4 Å². The average molecular weight is 363 g/mol. The molecule has 0 unspecified atom stereocenters. The summed E-state index contributed by atoms with van der Waals surface area (Å²) in [6.07, 6.45) is 2.65. The first kappa shape index (κ1) is 22.7. The molecule has 1 aromatic carbocycles. The predicted octanol–water partition coefficient (Wildman–Crippen LogP) is 4.42. The SMILES string of the molecule is CC(C)(C)CC(=O)NCCCCNCc1ccc(COC(C)(C)C)cc1. The third-order valence-corrected chi connectivity index (χ3v) is 3.82. The van der Waals surface area contributed by atoms with Gasteiger partial charge in [0.1, 0.15) is 0 Å². The van der Waals surface area contributed by atoms with Crippen molar-refractivity contribution in [1.29, 1.82) is 0 Å². The van der Waals surface area contributed by atoms with Gasteiger partial charge >= 0.3 is 0 Å². The molecular formula is C22H38N2O2. The molecule has 0 fully saturated rings. The molecule has 0 aromatic heterocycles. The minimum Gasteiger partial charge on any atom is -0.371 e. The highest BCUT2D eigenvalue weighted by Gasteiger charge is 2.15. The smallest absolute Gasteiger partial charge is 0.220 e.